The molecule has 4 nitrogen and oxygen atoms in total. The van der Waals surface area contributed by atoms with E-state index in [4.69, 9.17) is 16.0 Å². The molecule has 1 amide bonds. The number of rotatable bonds is 5. The van der Waals surface area contributed by atoms with Gasteiger partial charge in [0, 0.05) is 30.2 Å². The molecule has 0 unspecified atom stereocenters. The van der Waals surface area contributed by atoms with Crippen molar-refractivity contribution in [1.82, 2.24) is 9.88 Å². The molecule has 4 rings (SSSR count). The summed E-state index contributed by atoms with van der Waals surface area (Å²) in [5, 5.41) is 3.70. The summed E-state index contributed by atoms with van der Waals surface area (Å²) in [7, 11) is 0. The lowest BCUT2D eigenvalue weighted by Crippen LogP contribution is -2.25. The van der Waals surface area contributed by atoms with Crippen molar-refractivity contribution >= 4 is 28.6 Å². The van der Waals surface area contributed by atoms with Gasteiger partial charge in [-0.3, -0.25) is 4.79 Å². The summed E-state index contributed by atoms with van der Waals surface area (Å²) in [6.45, 7) is 4.99. The fraction of sp³-hybridized carbons (Fsp3) is 0.174. The fourth-order valence-electron chi connectivity index (χ4n) is 3.27. The first-order valence-electron chi connectivity index (χ1n) is 9.17. The highest BCUT2D eigenvalue weighted by molar-refractivity contribution is 6.30. The molecular weight excluding hydrogens is 372 g/mol. The number of nitrogens with zero attached hydrogens (tertiary/aromatic N) is 1. The zero-order valence-corrected chi connectivity index (χ0v) is 16.6. The summed E-state index contributed by atoms with van der Waals surface area (Å²) in [6, 6.07) is 19.6. The van der Waals surface area contributed by atoms with E-state index in [2.05, 4.69) is 5.32 Å². The Morgan fingerprint density at radius 1 is 1.00 bits per heavy atom. The number of furan rings is 1. The summed E-state index contributed by atoms with van der Waals surface area (Å²) < 4.78 is 7.74. The Morgan fingerprint density at radius 3 is 2.39 bits per heavy atom. The second-order valence-electron chi connectivity index (χ2n) is 7.02. The molecule has 0 atom stereocenters. The number of carbonyl (C=O) groups is 1. The maximum absolute atomic E-state index is 12.9. The van der Waals surface area contributed by atoms with E-state index in [1.54, 1.807) is 0 Å². The SMILES string of the molecule is Cc1ccc(CNC(=O)c2cc3oc(C)cc3n2Cc2ccc(Cl)cc2)cc1. The van der Waals surface area contributed by atoms with Gasteiger partial charge in [-0.25, -0.2) is 0 Å². The zero-order chi connectivity index (χ0) is 19.7. The van der Waals surface area contributed by atoms with Gasteiger partial charge >= 0.3 is 0 Å². The molecule has 0 aliphatic carbocycles. The number of aryl methyl sites for hydroxylation is 2. The third-order valence-electron chi connectivity index (χ3n) is 4.77. The normalized spacial score (nSPS) is 11.1. The van der Waals surface area contributed by atoms with E-state index in [1.165, 1.54) is 5.56 Å². The predicted molar refractivity (Wildman–Crippen MR) is 112 cm³/mol. The van der Waals surface area contributed by atoms with Crippen LogP contribution in [0.15, 0.2) is 65.1 Å². The Labute approximate surface area is 168 Å². The van der Waals surface area contributed by atoms with E-state index in [9.17, 15) is 4.79 Å². The van der Waals surface area contributed by atoms with Crippen molar-refractivity contribution in [3.05, 3.63) is 93.8 Å². The van der Waals surface area contributed by atoms with Gasteiger partial charge in [-0.15, -0.1) is 0 Å². The highest BCUT2D eigenvalue weighted by Crippen LogP contribution is 2.25. The van der Waals surface area contributed by atoms with Crippen LogP contribution in [-0.2, 0) is 13.1 Å². The lowest BCUT2D eigenvalue weighted by molar-refractivity contribution is 0.0942. The van der Waals surface area contributed by atoms with Gasteiger partial charge in [0.2, 0.25) is 0 Å². The minimum atomic E-state index is -0.126. The van der Waals surface area contributed by atoms with Crippen LogP contribution in [0.4, 0.5) is 0 Å². The van der Waals surface area contributed by atoms with Crippen LogP contribution in [0.1, 0.15) is 32.9 Å². The molecule has 0 saturated carbocycles. The molecule has 0 spiro atoms. The highest BCUT2D eigenvalue weighted by Gasteiger charge is 2.18. The van der Waals surface area contributed by atoms with E-state index >= 15 is 0 Å². The number of halogens is 1. The average Bonchev–Trinajstić information content (AvgIpc) is 3.20. The molecule has 0 fully saturated rings. The zero-order valence-electron chi connectivity index (χ0n) is 15.8. The van der Waals surface area contributed by atoms with Crippen LogP contribution in [0.5, 0.6) is 0 Å². The molecule has 0 aliphatic heterocycles. The van der Waals surface area contributed by atoms with Crippen molar-refractivity contribution in [2.45, 2.75) is 26.9 Å². The summed E-state index contributed by atoms with van der Waals surface area (Å²) in [5.74, 6) is 0.695. The summed E-state index contributed by atoms with van der Waals surface area (Å²) in [6.07, 6.45) is 0. The standard InChI is InChI=1S/C23H21ClN2O2/c1-15-3-5-17(6-4-15)13-25-23(27)21-12-22-20(11-16(2)28-22)26(21)14-18-7-9-19(24)10-8-18/h3-12H,13-14H2,1-2H3,(H,25,27). The predicted octanol–water partition coefficient (Wildman–Crippen LogP) is 5.48. The molecule has 28 heavy (non-hydrogen) atoms. The number of hydrogen-bond donors (Lipinski definition) is 1. The molecule has 0 aliphatic rings. The van der Waals surface area contributed by atoms with Gasteiger partial charge in [-0.1, -0.05) is 53.6 Å². The number of fused-ring (bicyclic) bond motifs is 1. The Kier molecular flexibility index (Phi) is 4.97. The molecule has 1 N–H and O–H groups in total. The quantitative estimate of drug-likeness (QED) is 0.488. The number of nitrogens with one attached hydrogen (secondary N) is 1. The molecule has 0 saturated heterocycles. The van der Waals surface area contributed by atoms with Crippen LogP contribution in [0.3, 0.4) is 0 Å². The summed E-state index contributed by atoms with van der Waals surface area (Å²) >= 11 is 6.00. The molecule has 2 aromatic heterocycles. The molecular formula is C23H21ClN2O2. The van der Waals surface area contributed by atoms with E-state index in [0.29, 0.717) is 29.4 Å². The van der Waals surface area contributed by atoms with Crippen molar-refractivity contribution < 1.29 is 9.21 Å². The maximum atomic E-state index is 12.9. The van der Waals surface area contributed by atoms with Gasteiger partial charge in [0.15, 0.2) is 5.58 Å². The van der Waals surface area contributed by atoms with Gasteiger partial charge < -0.3 is 14.3 Å². The van der Waals surface area contributed by atoms with Crippen molar-refractivity contribution in [3.63, 3.8) is 0 Å². The van der Waals surface area contributed by atoms with Gasteiger partial charge in [0.05, 0.1) is 5.52 Å². The second-order valence-corrected chi connectivity index (χ2v) is 7.45. The highest BCUT2D eigenvalue weighted by atomic mass is 35.5. The average molecular weight is 393 g/mol. The lowest BCUT2D eigenvalue weighted by atomic mass is 10.1. The topological polar surface area (TPSA) is 47.2 Å². The molecule has 5 heteroatoms. The summed E-state index contributed by atoms with van der Waals surface area (Å²) in [4.78, 5) is 12.9. The van der Waals surface area contributed by atoms with Crippen molar-refractivity contribution in [2.75, 3.05) is 0 Å². The van der Waals surface area contributed by atoms with Crippen molar-refractivity contribution in [3.8, 4) is 0 Å². The fourth-order valence-corrected chi connectivity index (χ4v) is 3.40. The maximum Gasteiger partial charge on any atom is 0.268 e. The van der Waals surface area contributed by atoms with Gasteiger partial charge in [-0.05, 0) is 37.1 Å². The number of amides is 1. The minimum absolute atomic E-state index is 0.126. The Morgan fingerprint density at radius 2 is 1.68 bits per heavy atom. The van der Waals surface area contributed by atoms with Crippen molar-refractivity contribution in [2.24, 2.45) is 0 Å². The Hall–Kier alpha value is -2.98. The van der Waals surface area contributed by atoms with E-state index in [0.717, 1.165) is 22.4 Å². The van der Waals surface area contributed by atoms with Gasteiger partial charge in [0.1, 0.15) is 11.5 Å². The molecule has 2 heterocycles. The van der Waals surface area contributed by atoms with Gasteiger partial charge in [-0.2, -0.15) is 0 Å². The Bertz CT molecular complexity index is 1120. The molecule has 4 aromatic rings. The second kappa shape index (κ2) is 7.56. The smallest absolute Gasteiger partial charge is 0.268 e. The van der Waals surface area contributed by atoms with Crippen LogP contribution in [0.25, 0.3) is 11.1 Å². The molecule has 0 radical (unpaired) electrons. The number of hydrogen-bond acceptors (Lipinski definition) is 2. The summed E-state index contributed by atoms with van der Waals surface area (Å²) in [5.41, 5.74) is 5.53. The van der Waals surface area contributed by atoms with E-state index < -0.39 is 0 Å². The number of carbonyl (C=O) groups excluding carboxylic acids is 1. The van der Waals surface area contributed by atoms with Crippen LogP contribution >= 0.6 is 11.6 Å². The number of benzene rings is 2. The van der Waals surface area contributed by atoms with E-state index in [-0.39, 0.29) is 5.91 Å². The van der Waals surface area contributed by atoms with E-state index in [1.807, 2.05) is 79.1 Å². The Balaban J connectivity index is 1.61. The van der Waals surface area contributed by atoms with Crippen LogP contribution in [0.2, 0.25) is 5.02 Å². The largest absolute Gasteiger partial charge is 0.460 e. The molecule has 142 valence electrons. The van der Waals surface area contributed by atoms with Crippen LogP contribution in [-0.4, -0.2) is 10.5 Å². The third-order valence-corrected chi connectivity index (χ3v) is 5.03. The first kappa shape index (κ1) is 18.4. The lowest BCUT2D eigenvalue weighted by Gasteiger charge is -2.11. The third kappa shape index (κ3) is 3.82. The first-order chi connectivity index (χ1) is 13.5. The molecule has 2 aromatic carbocycles. The minimum Gasteiger partial charge on any atom is -0.460 e. The van der Waals surface area contributed by atoms with Crippen LogP contribution in [0, 0.1) is 13.8 Å². The monoisotopic (exact) mass is 392 g/mol. The van der Waals surface area contributed by atoms with Crippen LogP contribution < -0.4 is 5.32 Å². The number of aromatic nitrogens is 1. The first-order valence-corrected chi connectivity index (χ1v) is 9.55. The molecule has 0 bridgehead atoms. The van der Waals surface area contributed by atoms with Crippen molar-refractivity contribution in [1.29, 1.82) is 0 Å². The van der Waals surface area contributed by atoms with Gasteiger partial charge in [0.25, 0.3) is 5.91 Å².